The quantitative estimate of drug-likeness (QED) is 0.441. The van der Waals surface area contributed by atoms with Crippen molar-refractivity contribution in [3.8, 4) is 5.69 Å². The van der Waals surface area contributed by atoms with Gasteiger partial charge in [0.1, 0.15) is 5.82 Å². The van der Waals surface area contributed by atoms with Crippen molar-refractivity contribution in [1.82, 2.24) is 34.0 Å². The molecule has 0 aliphatic carbocycles. The first-order valence-corrected chi connectivity index (χ1v) is 11.1. The molecule has 0 radical (unpaired) electrons. The van der Waals surface area contributed by atoms with Crippen LogP contribution in [0.15, 0.2) is 54.1 Å². The highest BCUT2D eigenvalue weighted by atomic mass is 32.2. The zero-order chi connectivity index (χ0) is 20.3. The lowest BCUT2D eigenvalue weighted by Gasteiger charge is -2.26. The molecule has 9 heteroatoms. The van der Waals surface area contributed by atoms with Crippen molar-refractivity contribution >= 4 is 17.5 Å². The Kier molecular flexibility index (Phi) is 5.46. The van der Waals surface area contributed by atoms with Crippen LogP contribution >= 0.6 is 11.8 Å². The highest BCUT2D eigenvalue weighted by molar-refractivity contribution is 7.98. The number of aromatic nitrogens is 6. The Bertz CT molecular complexity index is 1100. The van der Waals surface area contributed by atoms with Crippen LogP contribution in [0.3, 0.4) is 0 Å². The molecule has 0 N–H and O–H groups in total. The number of imidazole rings is 1. The summed E-state index contributed by atoms with van der Waals surface area (Å²) in [7, 11) is 0. The van der Waals surface area contributed by atoms with Gasteiger partial charge in [-0.25, -0.2) is 14.4 Å². The fourth-order valence-electron chi connectivity index (χ4n) is 3.75. The van der Waals surface area contributed by atoms with Gasteiger partial charge in [0.25, 0.3) is 0 Å². The van der Waals surface area contributed by atoms with Gasteiger partial charge in [0, 0.05) is 30.0 Å². The van der Waals surface area contributed by atoms with Crippen LogP contribution in [0.5, 0.6) is 0 Å². The molecule has 0 saturated carbocycles. The lowest BCUT2D eigenvalue weighted by Crippen LogP contribution is -2.30. The van der Waals surface area contributed by atoms with E-state index in [1.165, 1.54) is 31.4 Å². The number of hydrogen-bond donors (Lipinski definition) is 0. The number of rotatable bonds is 6. The van der Waals surface area contributed by atoms with Crippen molar-refractivity contribution in [2.45, 2.75) is 36.7 Å². The van der Waals surface area contributed by atoms with Crippen molar-refractivity contribution in [3.05, 3.63) is 66.3 Å². The van der Waals surface area contributed by atoms with Gasteiger partial charge in [0.15, 0.2) is 11.0 Å². The number of likely N-dealkylation sites (tertiary alicyclic amines) is 1. The van der Waals surface area contributed by atoms with Gasteiger partial charge in [-0.15, -0.1) is 10.2 Å². The molecule has 5 rings (SSSR count). The molecule has 1 saturated heterocycles. The van der Waals surface area contributed by atoms with Crippen LogP contribution in [0, 0.1) is 5.82 Å². The van der Waals surface area contributed by atoms with E-state index in [9.17, 15) is 4.39 Å². The molecule has 0 bridgehead atoms. The Morgan fingerprint density at radius 1 is 1.03 bits per heavy atom. The molecule has 0 unspecified atom stereocenters. The van der Waals surface area contributed by atoms with Gasteiger partial charge >= 0.3 is 0 Å². The van der Waals surface area contributed by atoms with E-state index in [-0.39, 0.29) is 5.82 Å². The van der Waals surface area contributed by atoms with E-state index in [2.05, 4.69) is 25.1 Å². The highest BCUT2D eigenvalue weighted by Gasteiger charge is 2.19. The maximum absolute atomic E-state index is 13.5. The lowest BCUT2D eigenvalue weighted by atomic mass is 10.1. The molecule has 1 fully saturated rings. The summed E-state index contributed by atoms with van der Waals surface area (Å²) >= 11 is 1.57. The number of fused-ring (bicyclic) bond motifs is 1. The molecule has 4 aromatic rings. The Hall–Kier alpha value is -2.78. The SMILES string of the molecule is Fc1ccc(-n2c(CN3CCCCC3)nnc2SCc2cn3cccnc3n2)cc1. The molecular weight excluding hydrogens is 401 g/mol. The molecule has 7 nitrogen and oxygen atoms in total. The van der Waals surface area contributed by atoms with Crippen LogP contribution < -0.4 is 0 Å². The normalized spacial score (nSPS) is 15.1. The third kappa shape index (κ3) is 4.08. The molecule has 0 spiro atoms. The Morgan fingerprint density at radius 3 is 2.67 bits per heavy atom. The largest absolute Gasteiger partial charge is 0.296 e. The predicted octanol–water partition coefficient (Wildman–Crippen LogP) is 3.73. The summed E-state index contributed by atoms with van der Waals surface area (Å²) in [4.78, 5) is 11.2. The molecule has 1 aliphatic heterocycles. The van der Waals surface area contributed by atoms with Crippen LogP contribution in [0.2, 0.25) is 0 Å². The molecule has 3 aromatic heterocycles. The van der Waals surface area contributed by atoms with Crippen LogP contribution in [-0.2, 0) is 12.3 Å². The second kappa shape index (κ2) is 8.53. The van der Waals surface area contributed by atoms with E-state index in [1.807, 2.05) is 27.4 Å². The average Bonchev–Trinajstić information content (AvgIpc) is 3.37. The third-order valence-electron chi connectivity index (χ3n) is 5.23. The predicted molar refractivity (Wildman–Crippen MR) is 113 cm³/mol. The number of thioether (sulfide) groups is 1. The minimum atomic E-state index is -0.254. The first-order chi connectivity index (χ1) is 14.8. The van der Waals surface area contributed by atoms with Gasteiger partial charge < -0.3 is 0 Å². The van der Waals surface area contributed by atoms with Crippen LogP contribution in [-0.4, -0.2) is 47.1 Å². The maximum Gasteiger partial charge on any atom is 0.233 e. The summed E-state index contributed by atoms with van der Waals surface area (Å²) in [5, 5.41) is 9.71. The zero-order valence-electron chi connectivity index (χ0n) is 16.5. The molecule has 30 heavy (non-hydrogen) atoms. The molecular formula is C21H22FN7S. The molecule has 1 aliphatic rings. The Morgan fingerprint density at radius 2 is 1.87 bits per heavy atom. The Balaban J connectivity index is 1.42. The van der Waals surface area contributed by atoms with Gasteiger partial charge in [0.05, 0.1) is 12.2 Å². The second-order valence-electron chi connectivity index (χ2n) is 7.40. The monoisotopic (exact) mass is 423 g/mol. The number of benzene rings is 1. The number of piperidine rings is 1. The molecule has 4 heterocycles. The molecule has 154 valence electrons. The van der Waals surface area contributed by atoms with Crippen molar-refractivity contribution in [3.63, 3.8) is 0 Å². The van der Waals surface area contributed by atoms with E-state index >= 15 is 0 Å². The van der Waals surface area contributed by atoms with Crippen molar-refractivity contribution in [2.24, 2.45) is 0 Å². The van der Waals surface area contributed by atoms with Gasteiger partial charge in [-0.05, 0) is 56.3 Å². The summed E-state index contributed by atoms with van der Waals surface area (Å²) in [5.41, 5.74) is 1.79. The fraction of sp³-hybridized carbons (Fsp3) is 0.333. The topological polar surface area (TPSA) is 64.1 Å². The van der Waals surface area contributed by atoms with Crippen molar-refractivity contribution < 1.29 is 4.39 Å². The summed E-state index contributed by atoms with van der Waals surface area (Å²) in [6.45, 7) is 2.89. The molecule has 1 aromatic carbocycles. The highest BCUT2D eigenvalue weighted by Crippen LogP contribution is 2.26. The third-order valence-corrected chi connectivity index (χ3v) is 6.20. The summed E-state index contributed by atoms with van der Waals surface area (Å²) < 4.78 is 17.4. The number of halogens is 1. The average molecular weight is 424 g/mol. The Labute approximate surface area is 178 Å². The lowest BCUT2D eigenvalue weighted by molar-refractivity contribution is 0.214. The van der Waals surface area contributed by atoms with E-state index in [1.54, 1.807) is 30.1 Å². The zero-order valence-corrected chi connectivity index (χ0v) is 17.3. The van der Waals surface area contributed by atoms with E-state index in [0.29, 0.717) is 11.5 Å². The fourth-order valence-corrected chi connectivity index (χ4v) is 4.61. The minimum Gasteiger partial charge on any atom is -0.296 e. The second-order valence-corrected chi connectivity index (χ2v) is 8.34. The molecule has 0 amide bonds. The summed E-state index contributed by atoms with van der Waals surface area (Å²) in [6, 6.07) is 8.38. The first-order valence-electron chi connectivity index (χ1n) is 10.1. The van der Waals surface area contributed by atoms with Gasteiger partial charge in [-0.1, -0.05) is 18.2 Å². The maximum atomic E-state index is 13.5. The van der Waals surface area contributed by atoms with E-state index in [4.69, 9.17) is 0 Å². The van der Waals surface area contributed by atoms with Crippen LogP contribution in [0.25, 0.3) is 11.5 Å². The smallest absolute Gasteiger partial charge is 0.233 e. The number of hydrogen-bond acceptors (Lipinski definition) is 6. The van der Waals surface area contributed by atoms with Gasteiger partial charge in [0.2, 0.25) is 5.78 Å². The summed E-state index contributed by atoms with van der Waals surface area (Å²) in [6.07, 6.45) is 9.36. The van der Waals surface area contributed by atoms with Crippen molar-refractivity contribution in [1.29, 1.82) is 0 Å². The van der Waals surface area contributed by atoms with Crippen molar-refractivity contribution in [2.75, 3.05) is 13.1 Å². The first kappa shape index (κ1) is 19.2. The number of nitrogens with zero attached hydrogens (tertiary/aromatic N) is 7. The van der Waals surface area contributed by atoms with Gasteiger partial charge in [-0.3, -0.25) is 13.9 Å². The van der Waals surface area contributed by atoms with Crippen LogP contribution in [0.4, 0.5) is 4.39 Å². The van der Waals surface area contributed by atoms with E-state index < -0.39 is 0 Å². The minimum absolute atomic E-state index is 0.254. The molecule has 0 atom stereocenters. The standard InChI is InChI=1S/C21H22FN7S/c22-16-5-7-18(8-6-16)29-19(14-27-10-2-1-3-11-27)25-26-21(29)30-15-17-13-28-12-4-9-23-20(28)24-17/h4-9,12-13H,1-3,10-11,14-15H2. The van der Waals surface area contributed by atoms with Gasteiger partial charge in [-0.2, -0.15) is 0 Å². The van der Waals surface area contributed by atoms with Crippen LogP contribution in [0.1, 0.15) is 30.8 Å². The van der Waals surface area contributed by atoms with E-state index in [0.717, 1.165) is 42.0 Å². The summed E-state index contributed by atoms with van der Waals surface area (Å²) in [5.74, 6) is 1.95.